The Bertz CT molecular complexity index is 993. The lowest BCUT2D eigenvalue weighted by molar-refractivity contribution is 0.132. The van der Waals surface area contributed by atoms with Crippen molar-refractivity contribution in [2.45, 2.75) is 13.0 Å². The lowest BCUT2D eigenvalue weighted by Gasteiger charge is -2.36. The van der Waals surface area contributed by atoms with Gasteiger partial charge in [0.15, 0.2) is 11.5 Å². The Morgan fingerprint density at radius 3 is 2.33 bits per heavy atom. The van der Waals surface area contributed by atoms with Crippen molar-refractivity contribution in [1.82, 2.24) is 4.90 Å². The van der Waals surface area contributed by atoms with Crippen LogP contribution in [0.5, 0.6) is 11.5 Å². The Morgan fingerprint density at radius 2 is 1.63 bits per heavy atom. The maximum Gasteiger partial charge on any atom is 0.163 e. The molecule has 0 saturated carbocycles. The Labute approximate surface area is 180 Å². The van der Waals surface area contributed by atoms with Crippen LogP contribution in [-0.4, -0.2) is 57.7 Å². The zero-order chi connectivity index (χ0) is 21.1. The molecule has 2 aliphatic rings. The molecule has 0 amide bonds. The van der Waals surface area contributed by atoms with Gasteiger partial charge in [-0.1, -0.05) is 17.7 Å². The fourth-order valence-electron chi connectivity index (χ4n) is 3.48. The number of fused-ring (bicyclic) bond motifs is 4. The number of methoxy groups -OCH3 is 2. The molecule has 158 valence electrons. The van der Waals surface area contributed by atoms with Crippen molar-refractivity contribution in [3.05, 3.63) is 46.5 Å². The second-order valence-electron chi connectivity index (χ2n) is 6.96. The standard InChI is InChI=1S/C22H24ClN3O4/c1-14-16-5-4-15(23)10-19(16)25-22-17-11-20(29-8-6-27-2)21(30-9-7-28-3)12-18(17)24-13-26(14)22/h4-5,10-14H,6-9H2,1-3H3. The smallest absolute Gasteiger partial charge is 0.163 e. The van der Waals surface area contributed by atoms with Crippen LogP contribution in [0.3, 0.4) is 0 Å². The maximum absolute atomic E-state index is 6.21. The summed E-state index contributed by atoms with van der Waals surface area (Å²) in [6, 6.07) is 9.67. The van der Waals surface area contributed by atoms with Crippen molar-refractivity contribution in [1.29, 1.82) is 0 Å². The Kier molecular flexibility index (Phi) is 6.22. The van der Waals surface area contributed by atoms with E-state index in [-0.39, 0.29) is 6.04 Å². The molecule has 0 fully saturated rings. The second kappa shape index (κ2) is 9.04. The van der Waals surface area contributed by atoms with Crippen molar-refractivity contribution in [2.75, 3.05) is 40.6 Å². The third-order valence-electron chi connectivity index (χ3n) is 5.04. The summed E-state index contributed by atoms with van der Waals surface area (Å²) in [6.07, 6.45) is 1.81. The first-order valence-corrected chi connectivity index (χ1v) is 10.1. The van der Waals surface area contributed by atoms with Crippen LogP contribution in [0.4, 0.5) is 11.4 Å². The number of rotatable bonds is 8. The summed E-state index contributed by atoms with van der Waals surface area (Å²) in [5, 5.41) is 0.661. The quantitative estimate of drug-likeness (QED) is 0.577. The molecule has 1 atom stereocenters. The molecule has 2 aromatic rings. The van der Waals surface area contributed by atoms with Crippen LogP contribution >= 0.6 is 11.6 Å². The third-order valence-corrected chi connectivity index (χ3v) is 5.28. The van der Waals surface area contributed by atoms with E-state index in [0.29, 0.717) is 42.9 Å². The number of hydrogen-bond donors (Lipinski definition) is 0. The fraction of sp³-hybridized carbons (Fsp3) is 0.364. The van der Waals surface area contributed by atoms with Gasteiger partial charge in [0.1, 0.15) is 19.0 Å². The van der Waals surface area contributed by atoms with Crippen molar-refractivity contribution in [3.63, 3.8) is 0 Å². The van der Waals surface area contributed by atoms with Crippen molar-refractivity contribution >= 4 is 35.1 Å². The minimum absolute atomic E-state index is 0.0807. The van der Waals surface area contributed by atoms with Crippen LogP contribution in [0.1, 0.15) is 24.1 Å². The van der Waals surface area contributed by atoms with E-state index in [1.165, 1.54) is 0 Å². The monoisotopic (exact) mass is 429 g/mol. The number of nitrogens with zero attached hydrogens (tertiary/aromatic N) is 3. The Balaban J connectivity index is 1.75. The molecule has 8 heteroatoms. The average Bonchev–Trinajstić information content (AvgIpc) is 2.74. The first-order chi connectivity index (χ1) is 14.6. The molecule has 7 nitrogen and oxygen atoms in total. The van der Waals surface area contributed by atoms with Gasteiger partial charge in [-0.2, -0.15) is 0 Å². The van der Waals surface area contributed by atoms with E-state index in [2.05, 4.69) is 16.8 Å². The number of ether oxygens (including phenoxy) is 4. The molecule has 2 aromatic carbocycles. The largest absolute Gasteiger partial charge is 0.487 e. The summed E-state index contributed by atoms with van der Waals surface area (Å²) in [4.78, 5) is 11.6. The summed E-state index contributed by atoms with van der Waals surface area (Å²) in [5.41, 5.74) is 3.62. The molecule has 0 radical (unpaired) electrons. The predicted octanol–water partition coefficient (Wildman–Crippen LogP) is 4.52. The van der Waals surface area contributed by atoms with E-state index in [4.69, 9.17) is 35.5 Å². The van der Waals surface area contributed by atoms with Gasteiger partial charge < -0.3 is 23.8 Å². The van der Waals surface area contributed by atoms with Crippen LogP contribution in [-0.2, 0) is 9.47 Å². The number of halogens is 1. The minimum Gasteiger partial charge on any atom is -0.487 e. The summed E-state index contributed by atoms with van der Waals surface area (Å²) in [5.74, 6) is 2.04. The first-order valence-electron chi connectivity index (χ1n) is 9.75. The molecule has 0 N–H and O–H groups in total. The summed E-state index contributed by atoms with van der Waals surface area (Å²) >= 11 is 6.21. The zero-order valence-electron chi connectivity index (χ0n) is 17.2. The summed E-state index contributed by atoms with van der Waals surface area (Å²) in [6.45, 7) is 3.90. The number of amidine groups is 1. The van der Waals surface area contributed by atoms with Crippen molar-refractivity contribution < 1.29 is 18.9 Å². The van der Waals surface area contributed by atoms with E-state index >= 15 is 0 Å². The average molecular weight is 430 g/mol. The Hall–Kier alpha value is -2.61. The normalized spacial score (nSPS) is 16.5. The molecular formula is C22H24ClN3O4. The molecule has 0 aliphatic carbocycles. The lowest BCUT2D eigenvalue weighted by atomic mass is 9.99. The van der Waals surface area contributed by atoms with E-state index in [1.807, 2.05) is 36.7 Å². The first kappa shape index (κ1) is 20.7. The van der Waals surface area contributed by atoms with Gasteiger partial charge in [-0.15, -0.1) is 0 Å². The molecule has 0 spiro atoms. The van der Waals surface area contributed by atoms with Crippen LogP contribution in [0.25, 0.3) is 0 Å². The molecule has 0 bridgehead atoms. The third kappa shape index (κ3) is 4.01. The van der Waals surface area contributed by atoms with Crippen LogP contribution in [0.15, 0.2) is 40.3 Å². The van der Waals surface area contributed by atoms with Gasteiger partial charge in [0.2, 0.25) is 0 Å². The van der Waals surface area contributed by atoms with Gasteiger partial charge in [-0.05, 0) is 25.1 Å². The van der Waals surface area contributed by atoms with E-state index in [0.717, 1.165) is 28.3 Å². The minimum atomic E-state index is 0.0807. The van der Waals surface area contributed by atoms with Crippen LogP contribution < -0.4 is 9.47 Å². The molecule has 0 aromatic heterocycles. The highest BCUT2D eigenvalue weighted by Gasteiger charge is 2.31. The fourth-order valence-corrected chi connectivity index (χ4v) is 3.65. The second-order valence-corrected chi connectivity index (χ2v) is 7.40. The SMILES string of the molecule is COCCOc1cc2c(cc1OCCOC)C1=Nc3cc(Cl)ccc3C(C)N1C=N2. The topological polar surface area (TPSA) is 64.9 Å². The van der Waals surface area contributed by atoms with Gasteiger partial charge in [0, 0.05) is 36.4 Å². The van der Waals surface area contributed by atoms with Gasteiger partial charge in [-0.3, -0.25) is 0 Å². The number of aliphatic imine (C=N–C) groups is 2. The predicted molar refractivity (Wildman–Crippen MR) is 117 cm³/mol. The number of hydrogen-bond acceptors (Lipinski definition) is 7. The van der Waals surface area contributed by atoms with Gasteiger partial charge in [0.25, 0.3) is 0 Å². The van der Waals surface area contributed by atoms with Gasteiger partial charge in [0.05, 0.1) is 37.0 Å². The van der Waals surface area contributed by atoms with E-state index in [9.17, 15) is 0 Å². The molecule has 2 heterocycles. The molecule has 1 unspecified atom stereocenters. The molecule has 0 saturated heterocycles. The highest BCUT2D eigenvalue weighted by Crippen LogP contribution is 2.43. The van der Waals surface area contributed by atoms with E-state index < -0.39 is 0 Å². The van der Waals surface area contributed by atoms with Gasteiger partial charge in [-0.25, -0.2) is 9.98 Å². The number of benzene rings is 2. The van der Waals surface area contributed by atoms with Crippen molar-refractivity contribution in [2.24, 2.45) is 9.98 Å². The summed E-state index contributed by atoms with van der Waals surface area (Å²) in [7, 11) is 3.27. The van der Waals surface area contributed by atoms with E-state index in [1.54, 1.807) is 14.2 Å². The van der Waals surface area contributed by atoms with Crippen LogP contribution in [0.2, 0.25) is 5.02 Å². The van der Waals surface area contributed by atoms with Crippen molar-refractivity contribution in [3.8, 4) is 11.5 Å². The van der Waals surface area contributed by atoms with Gasteiger partial charge >= 0.3 is 0 Å². The zero-order valence-corrected chi connectivity index (χ0v) is 18.0. The molecule has 2 aliphatic heterocycles. The highest BCUT2D eigenvalue weighted by molar-refractivity contribution is 6.31. The molecular weight excluding hydrogens is 406 g/mol. The lowest BCUT2D eigenvalue weighted by Crippen LogP contribution is -2.37. The Morgan fingerprint density at radius 1 is 0.933 bits per heavy atom. The van der Waals surface area contributed by atoms with Crippen LogP contribution in [0, 0.1) is 0 Å². The summed E-state index contributed by atoms with van der Waals surface area (Å²) < 4.78 is 22.0. The molecule has 4 rings (SSSR count). The molecule has 30 heavy (non-hydrogen) atoms. The highest BCUT2D eigenvalue weighted by atomic mass is 35.5. The maximum atomic E-state index is 6.21.